The maximum Gasteiger partial charge on any atom is 0.443 e. The molecule has 0 bridgehead atoms. The molecule has 0 saturated carbocycles. The third kappa shape index (κ3) is 3.58. The minimum atomic E-state index is -4.39. The SMILES string of the molecule is CCCNCc1nc(C(F)(F)F)sc1-c1ccccc1. The fourth-order valence-corrected chi connectivity index (χ4v) is 2.75. The van der Waals surface area contributed by atoms with E-state index in [-0.39, 0.29) is 0 Å². The molecule has 0 atom stereocenters. The summed E-state index contributed by atoms with van der Waals surface area (Å²) in [6.45, 7) is 3.12. The summed E-state index contributed by atoms with van der Waals surface area (Å²) in [6, 6.07) is 9.06. The van der Waals surface area contributed by atoms with E-state index in [1.807, 2.05) is 25.1 Å². The fourth-order valence-electron chi connectivity index (χ4n) is 1.79. The van der Waals surface area contributed by atoms with Gasteiger partial charge < -0.3 is 5.32 Å². The first-order chi connectivity index (χ1) is 9.52. The number of rotatable bonds is 5. The largest absolute Gasteiger partial charge is 0.443 e. The van der Waals surface area contributed by atoms with Crippen molar-refractivity contribution in [3.05, 3.63) is 41.0 Å². The molecule has 1 aromatic heterocycles. The monoisotopic (exact) mass is 300 g/mol. The third-order valence-electron chi connectivity index (χ3n) is 2.70. The van der Waals surface area contributed by atoms with Crippen LogP contribution in [0.15, 0.2) is 30.3 Å². The number of alkyl halides is 3. The van der Waals surface area contributed by atoms with Crippen molar-refractivity contribution in [3.63, 3.8) is 0 Å². The van der Waals surface area contributed by atoms with Gasteiger partial charge in [0.2, 0.25) is 0 Å². The molecule has 0 saturated heterocycles. The van der Waals surface area contributed by atoms with Gasteiger partial charge in [-0.25, -0.2) is 4.98 Å². The number of thiazole rings is 1. The minimum Gasteiger partial charge on any atom is -0.311 e. The first-order valence-electron chi connectivity index (χ1n) is 6.35. The Morgan fingerprint density at radius 2 is 1.90 bits per heavy atom. The molecule has 1 heterocycles. The van der Waals surface area contributed by atoms with Gasteiger partial charge >= 0.3 is 6.18 Å². The van der Waals surface area contributed by atoms with Crippen LogP contribution in [0.25, 0.3) is 10.4 Å². The van der Waals surface area contributed by atoms with E-state index in [0.29, 0.717) is 28.5 Å². The summed E-state index contributed by atoms with van der Waals surface area (Å²) in [4.78, 5) is 4.35. The Bertz CT molecular complexity index is 549. The first kappa shape index (κ1) is 15.0. The maximum absolute atomic E-state index is 12.8. The highest BCUT2D eigenvalue weighted by Crippen LogP contribution is 2.38. The van der Waals surface area contributed by atoms with Crippen LogP contribution in [-0.4, -0.2) is 11.5 Å². The predicted octanol–water partition coefficient (Wildman–Crippen LogP) is 4.33. The molecule has 2 aromatic rings. The van der Waals surface area contributed by atoms with Gasteiger partial charge in [-0.2, -0.15) is 13.2 Å². The summed E-state index contributed by atoms with van der Waals surface area (Å²) in [5, 5.41) is 2.32. The molecular formula is C14H15F3N2S. The van der Waals surface area contributed by atoms with Crippen molar-refractivity contribution in [2.24, 2.45) is 0 Å². The van der Waals surface area contributed by atoms with E-state index in [0.717, 1.165) is 18.5 Å². The molecule has 6 heteroatoms. The summed E-state index contributed by atoms with van der Waals surface area (Å²) >= 11 is 0.701. The van der Waals surface area contributed by atoms with Gasteiger partial charge in [0.05, 0.1) is 10.6 Å². The molecule has 1 aromatic carbocycles. The Morgan fingerprint density at radius 3 is 2.50 bits per heavy atom. The second kappa shape index (κ2) is 6.37. The summed E-state index contributed by atoms with van der Waals surface area (Å²) in [5.41, 5.74) is 1.23. The number of nitrogens with zero attached hydrogens (tertiary/aromatic N) is 1. The minimum absolute atomic E-state index is 0.352. The second-order valence-corrected chi connectivity index (χ2v) is 5.33. The van der Waals surface area contributed by atoms with E-state index < -0.39 is 11.2 Å². The molecule has 0 unspecified atom stereocenters. The summed E-state index contributed by atoms with van der Waals surface area (Å²) < 4.78 is 38.4. The lowest BCUT2D eigenvalue weighted by atomic mass is 10.1. The molecule has 108 valence electrons. The van der Waals surface area contributed by atoms with Crippen molar-refractivity contribution in [2.45, 2.75) is 26.1 Å². The standard InChI is InChI=1S/C14H15F3N2S/c1-2-8-18-9-11-12(10-6-4-3-5-7-10)20-13(19-11)14(15,16)17/h3-7,18H,2,8-9H2,1H3. The first-order valence-corrected chi connectivity index (χ1v) is 7.17. The third-order valence-corrected chi connectivity index (χ3v) is 3.89. The molecule has 0 amide bonds. The van der Waals surface area contributed by atoms with Gasteiger partial charge in [0.1, 0.15) is 0 Å². The number of benzene rings is 1. The van der Waals surface area contributed by atoms with E-state index in [9.17, 15) is 13.2 Å². The highest BCUT2D eigenvalue weighted by Gasteiger charge is 2.36. The predicted molar refractivity (Wildman–Crippen MR) is 74.5 cm³/mol. The molecule has 0 aliphatic rings. The molecule has 0 fully saturated rings. The molecule has 0 aliphatic carbocycles. The number of nitrogens with one attached hydrogen (secondary N) is 1. The Morgan fingerprint density at radius 1 is 1.20 bits per heavy atom. The Balaban J connectivity index is 2.35. The van der Waals surface area contributed by atoms with Crippen LogP contribution in [0.2, 0.25) is 0 Å². The summed E-state index contributed by atoms with van der Waals surface area (Å²) in [5.74, 6) is 0. The summed E-state index contributed by atoms with van der Waals surface area (Å²) in [6.07, 6.45) is -3.46. The van der Waals surface area contributed by atoms with Gasteiger partial charge in [-0.3, -0.25) is 0 Å². The molecule has 0 radical (unpaired) electrons. The molecule has 0 spiro atoms. The average Bonchev–Trinajstić information content (AvgIpc) is 2.84. The molecule has 0 aliphatic heterocycles. The lowest BCUT2D eigenvalue weighted by Crippen LogP contribution is -2.15. The van der Waals surface area contributed by atoms with Gasteiger partial charge in [-0.15, -0.1) is 11.3 Å². The van der Waals surface area contributed by atoms with Crippen LogP contribution in [-0.2, 0) is 12.7 Å². The lowest BCUT2D eigenvalue weighted by Gasteiger charge is -2.03. The van der Waals surface area contributed by atoms with Crippen molar-refractivity contribution in [1.82, 2.24) is 10.3 Å². The van der Waals surface area contributed by atoms with Crippen molar-refractivity contribution in [2.75, 3.05) is 6.54 Å². The van der Waals surface area contributed by atoms with E-state index in [2.05, 4.69) is 10.3 Å². The van der Waals surface area contributed by atoms with Gasteiger partial charge in [0.15, 0.2) is 5.01 Å². The second-order valence-electron chi connectivity index (χ2n) is 4.34. The zero-order valence-corrected chi connectivity index (χ0v) is 11.8. The van der Waals surface area contributed by atoms with Gasteiger partial charge in [0.25, 0.3) is 0 Å². The van der Waals surface area contributed by atoms with Crippen molar-refractivity contribution in [3.8, 4) is 10.4 Å². The topological polar surface area (TPSA) is 24.9 Å². The lowest BCUT2D eigenvalue weighted by molar-refractivity contribution is -0.137. The smallest absolute Gasteiger partial charge is 0.311 e. The number of hydrogen-bond acceptors (Lipinski definition) is 3. The van der Waals surface area contributed by atoms with Crippen LogP contribution in [0.4, 0.5) is 13.2 Å². The van der Waals surface area contributed by atoms with Gasteiger partial charge in [-0.1, -0.05) is 37.3 Å². The van der Waals surface area contributed by atoms with Crippen LogP contribution >= 0.6 is 11.3 Å². The van der Waals surface area contributed by atoms with Crippen LogP contribution in [0.1, 0.15) is 24.0 Å². The van der Waals surface area contributed by atoms with Crippen LogP contribution in [0.5, 0.6) is 0 Å². The van der Waals surface area contributed by atoms with Gasteiger partial charge in [-0.05, 0) is 18.5 Å². The molecular weight excluding hydrogens is 285 g/mol. The van der Waals surface area contributed by atoms with E-state index >= 15 is 0 Å². The Hall–Kier alpha value is -1.40. The molecule has 2 rings (SSSR count). The number of halogens is 3. The number of aromatic nitrogens is 1. The quantitative estimate of drug-likeness (QED) is 0.831. The Labute approximate surface area is 119 Å². The van der Waals surface area contributed by atoms with E-state index in [4.69, 9.17) is 0 Å². The molecule has 20 heavy (non-hydrogen) atoms. The van der Waals surface area contributed by atoms with Gasteiger partial charge in [0, 0.05) is 6.54 Å². The molecule has 2 nitrogen and oxygen atoms in total. The highest BCUT2D eigenvalue weighted by atomic mass is 32.1. The zero-order valence-electron chi connectivity index (χ0n) is 11.0. The van der Waals surface area contributed by atoms with Crippen molar-refractivity contribution in [1.29, 1.82) is 0 Å². The van der Waals surface area contributed by atoms with E-state index in [1.165, 1.54) is 0 Å². The highest BCUT2D eigenvalue weighted by molar-refractivity contribution is 7.15. The van der Waals surface area contributed by atoms with Crippen molar-refractivity contribution < 1.29 is 13.2 Å². The van der Waals surface area contributed by atoms with Crippen molar-refractivity contribution >= 4 is 11.3 Å². The summed E-state index contributed by atoms with van der Waals surface area (Å²) in [7, 11) is 0. The number of hydrogen-bond donors (Lipinski definition) is 1. The molecule has 1 N–H and O–H groups in total. The normalized spacial score (nSPS) is 11.8. The van der Waals surface area contributed by atoms with E-state index in [1.54, 1.807) is 12.1 Å². The Kier molecular flexibility index (Phi) is 4.77. The zero-order chi connectivity index (χ0) is 14.6. The average molecular weight is 300 g/mol. The maximum atomic E-state index is 12.8. The fraction of sp³-hybridized carbons (Fsp3) is 0.357. The van der Waals surface area contributed by atoms with Crippen LogP contribution < -0.4 is 5.32 Å². The van der Waals surface area contributed by atoms with Crippen LogP contribution in [0, 0.1) is 0 Å². The van der Waals surface area contributed by atoms with Crippen LogP contribution in [0.3, 0.4) is 0 Å².